The lowest BCUT2D eigenvalue weighted by Crippen LogP contribution is -2.35. The van der Waals surface area contributed by atoms with E-state index in [-0.39, 0.29) is 11.7 Å². The summed E-state index contributed by atoms with van der Waals surface area (Å²) >= 11 is 1.17. The summed E-state index contributed by atoms with van der Waals surface area (Å²) in [5, 5.41) is 9.04. The van der Waals surface area contributed by atoms with Gasteiger partial charge < -0.3 is 14.7 Å². The number of carbonyl (C=O) groups is 2. The Morgan fingerprint density at radius 2 is 1.96 bits per heavy atom. The first-order valence-corrected chi connectivity index (χ1v) is 8.60. The van der Waals surface area contributed by atoms with Crippen LogP contribution in [0.3, 0.4) is 0 Å². The number of aromatic carboxylic acids is 1. The third-order valence-corrected chi connectivity index (χ3v) is 4.94. The molecule has 0 unspecified atom stereocenters. The van der Waals surface area contributed by atoms with Gasteiger partial charge in [0.15, 0.2) is 0 Å². The molecule has 1 aliphatic rings. The molecule has 0 bridgehead atoms. The molecule has 0 saturated carbocycles. The number of halogens is 1. The van der Waals surface area contributed by atoms with Gasteiger partial charge in [0.25, 0.3) is 5.91 Å². The van der Waals surface area contributed by atoms with Crippen molar-refractivity contribution in [3.05, 3.63) is 29.1 Å². The normalized spacial score (nSPS) is 15.8. The summed E-state index contributed by atoms with van der Waals surface area (Å²) in [5.41, 5.74) is -0.0312. The number of carbonyl (C=O) groups excluding carboxylic acids is 1. The van der Waals surface area contributed by atoms with Crippen LogP contribution in [0.4, 0.5) is 10.1 Å². The molecular weight excluding hydrogens is 349 g/mol. The Kier molecular flexibility index (Phi) is 6.63. The van der Waals surface area contributed by atoms with Gasteiger partial charge in [-0.05, 0) is 25.0 Å². The van der Waals surface area contributed by atoms with Crippen LogP contribution >= 0.6 is 12.1 Å². The Morgan fingerprint density at radius 1 is 1.32 bits per heavy atom. The highest BCUT2D eigenvalue weighted by Gasteiger charge is 2.23. The monoisotopic (exact) mass is 371 g/mol. The number of carboxylic acid groups (broad SMARTS) is 1. The number of carboxylic acids is 1. The fourth-order valence-corrected chi connectivity index (χ4v) is 3.31. The Hall–Kier alpha value is -1.84. The number of amides is 1. The number of methoxy groups -OCH3 is 1. The molecule has 7 nitrogen and oxygen atoms in total. The second kappa shape index (κ2) is 8.50. The quantitative estimate of drug-likeness (QED) is 0.740. The van der Waals surface area contributed by atoms with E-state index >= 15 is 0 Å². The van der Waals surface area contributed by atoms with Gasteiger partial charge in [-0.2, -0.15) is 0 Å². The van der Waals surface area contributed by atoms with Crippen LogP contribution in [-0.2, 0) is 4.74 Å². The fraction of sp³-hybridized carbons (Fsp3) is 0.500. The molecule has 0 spiro atoms. The van der Waals surface area contributed by atoms with Gasteiger partial charge in [-0.15, -0.1) is 0 Å². The van der Waals surface area contributed by atoms with E-state index in [1.807, 2.05) is 4.31 Å². The summed E-state index contributed by atoms with van der Waals surface area (Å²) in [6.45, 7) is 1.55. The summed E-state index contributed by atoms with van der Waals surface area (Å²) in [4.78, 5) is 25.1. The van der Waals surface area contributed by atoms with E-state index < -0.39 is 23.3 Å². The van der Waals surface area contributed by atoms with E-state index in [2.05, 4.69) is 4.72 Å². The second-order valence-electron chi connectivity index (χ2n) is 5.94. The maximum Gasteiger partial charge on any atom is 0.338 e. The van der Waals surface area contributed by atoms with Crippen molar-refractivity contribution in [2.45, 2.75) is 18.9 Å². The number of hydrogen-bond donors (Lipinski definition) is 2. The Balaban J connectivity index is 2.08. The zero-order chi connectivity index (χ0) is 18.6. The molecule has 25 heavy (non-hydrogen) atoms. The standard InChI is InChI=1S/C16H22FN3O4S/c1-19(2)14-9-11(16(22)23)13(17)8-12(14)15(21)18-25-20-6-4-10(24-3)5-7-20/h8-10H,4-7H2,1-3H3,(H,18,21)(H,22,23). The lowest BCUT2D eigenvalue weighted by molar-refractivity contribution is 0.0622. The number of rotatable bonds is 6. The van der Waals surface area contributed by atoms with Crippen molar-refractivity contribution >= 4 is 29.7 Å². The number of piperidine rings is 1. The minimum Gasteiger partial charge on any atom is -0.478 e. The summed E-state index contributed by atoms with van der Waals surface area (Å²) in [7, 11) is 5.02. The third-order valence-electron chi connectivity index (χ3n) is 4.04. The summed E-state index contributed by atoms with van der Waals surface area (Å²) < 4.78 is 24.0. The fourth-order valence-electron chi connectivity index (χ4n) is 2.60. The summed E-state index contributed by atoms with van der Waals surface area (Å²) in [6, 6.07) is 2.13. The van der Waals surface area contributed by atoms with Crippen molar-refractivity contribution in [2.24, 2.45) is 0 Å². The predicted octanol–water partition coefficient (Wildman–Crippen LogP) is 1.99. The maximum absolute atomic E-state index is 14.0. The molecule has 1 aromatic rings. The number of nitrogens with one attached hydrogen (secondary N) is 1. The number of ether oxygens (including phenoxy) is 1. The molecule has 1 amide bonds. The van der Waals surface area contributed by atoms with E-state index in [0.29, 0.717) is 5.69 Å². The van der Waals surface area contributed by atoms with Crippen LogP contribution in [0, 0.1) is 5.82 Å². The first-order chi connectivity index (χ1) is 11.8. The number of nitrogens with zero attached hydrogens (tertiary/aromatic N) is 2. The molecule has 1 aromatic carbocycles. The Bertz CT molecular complexity index is 649. The highest BCUT2D eigenvalue weighted by atomic mass is 32.2. The van der Waals surface area contributed by atoms with E-state index in [9.17, 15) is 14.0 Å². The SMILES string of the molecule is COC1CCN(SNC(=O)c2cc(F)c(C(=O)O)cc2N(C)C)CC1. The molecule has 9 heteroatoms. The van der Waals surface area contributed by atoms with Gasteiger partial charge in [0, 0.05) is 46.4 Å². The van der Waals surface area contributed by atoms with Crippen LogP contribution in [-0.4, -0.2) is 61.7 Å². The average Bonchev–Trinajstić information content (AvgIpc) is 2.59. The molecule has 1 heterocycles. The Morgan fingerprint density at radius 3 is 2.48 bits per heavy atom. The molecule has 0 aromatic heterocycles. The zero-order valence-electron chi connectivity index (χ0n) is 14.4. The van der Waals surface area contributed by atoms with Crippen LogP contribution in [0.25, 0.3) is 0 Å². The maximum atomic E-state index is 14.0. The van der Waals surface area contributed by atoms with Gasteiger partial charge >= 0.3 is 5.97 Å². The number of anilines is 1. The molecule has 138 valence electrons. The highest BCUT2D eigenvalue weighted by molar-refractivity contribution is 7.95. The number of hydrogen-bond acceptors (Lipinski definition) is 6. The summed E-state index contributed by atoms with van der Waals surface area (Å²) in [6.07, 6.45) is 2.00. The van der Waals surface area contributed by atoms with Crippen molar-refractivity contribution in [1.29, 1.82) is 0 Å². The first-order valence-electron chi connectivity index (χ1n) is 7.82. The molecule has 1 saturated heterocycles. The molecule has 2 N–H and O–H groups in total. The molecule has 0 radical (unpaired) electrons. The molecular formula is C16H22FN3O4S. The van der Waals surface area contributed by atoms with Crippen molar-refractivity contribution in [3.8, 4) is 0 Å². The smallest absolute Gasteiger partial charge is 0.338 e. The van der Waals surface area contributed by atoms with E-state index in [4.69, 9.17) is 9.84 Å². The minimum absolute atomic E-state index is 0.0896. The van der Waals surface area contributed by atoms with Crippen molar-refractivity contribution in [2.75, 3.05) is 39.2 Å². The lowest BCUT2D eigenvalue weighted by atomic mass is 10.1. The van der Waals surface area contributed by atoms with E-state index in [1.54, 1.807) is 26.1 Å². The van der Waals surface area contributed by atoms with Gasteiger partial charge in [-0.1, -0.05) is 0 Å². The third kappa shape index (κ3) is 4.83. The van der Waals surface area contributed by atoms with Crippen LogP contribution in [0.5, 0.6) is 0 Å². The van der Waals surface area contributed by atoms with Gasteiger partial charge in [0.05, 0.1) is 22.9 Å². The van der Waals surface area contributed by atoms with Crippen molar-refractivity contribution in [1.82, 2.24) is 9.03 Å². The van der Waals surface area contributed by atoms with E-state index in [1.165, 1.54) is 18.2 Å². The first kappa shape index (κ1) is 19.5. The minimum atomic E-state index is -1.37. The van der Waals surface area contributed by atoms with Crippen LogP contribution in [0.15, 0.2) is 12.1 Å². The van der Waals surface area contributed by atoms with Crippen LogP contribution in [0.1, 0.15) is 33.6 Å². The Labute approximate surface area is 150 Å². The zero-order valence-corrected chi connectivity index (χ0v) is 15.2. The van der Waals surface area contributed by atoms with Gasteiger partial charge in [0.2, 0.25) is 0 Å². The van der Waals surface area contributed by atoms with Crippen LogP contribution < -0.4 is 9.62 Å². The second-order valence-corrected chi connectivity index (χ2v) is 6.84. The number of benzene rings is 1. The van der Waals surface area contributed by atoms with Crippen LogP contribution in [0.2, 0.25) is 0 Å². The average molecular weight is 371 g/mol. The molecule has 2 rings (SSSR count). The van der Waals surface area contributed by atoms with Gasteiger partial charge in [-0.3, -0.25) is 9.52 Å². The topological polar surface area (TPSA) is 82.1 Å². The molecule has 0 atom stereocenters. The summed E-state index contributed by atoms with van der Waals surface area (Å²) in [5.74, 6) is -2.78. The molecule has 1 fully saturated rings. The van der Waals surface area contributed by atoms with Gasteiger partial charge in [0.1, 0.15) is 5.82 Å². The van der Waals surface area contributed by atoms with Crippen molar-refractivity contribution < 1.29 is 23.8 Å². The van der Waals surface area contributed by atoms with Crippen molar-refractivity contribution in [3.63, 3.8) is 0 Å². The molecule has 0 aliphatic carbocycles. The lowest BCUT2D eigenvalue weighted by Gasteiger charge is -2.29. The van der Waals surface area contributed by atoms with E-state index in [0.717, 1.165) is 32.0 Å². The predicted molar refractivity (Wildman–Crippen MR) is 94.3 cm³/mol. The van der Waals surface area contributed by atoms with Gasteiger partial charge in [-0.25, -0.2) is 13.5 Å². The molecule has 1 aliphatic heterocycles. The largest absolute Gasteiger partial charge is 0.478 e. The highest BCUT2D eigenvalue weighted by Crippen LogP contribution is 2.25.